The first-order valence-corrected chi connectivity index (χ1v) is 4.21. The van der Waals surface area contributed by atoms with Gasteiger partial charge in [-0.1, -0.05) is 6.07 Å². The van der Waals surface area contributed by atoms with Crippen molar-refractivity contribution in [3.8, 4) is 5.75 Å². The molecule has 0 unspecified atom stereocenters. The van der Waals surface area contributed by atoms with Gasteiger partial charge in [0, 0.05) is 0 Å². The van der Waals surface area contributed by atoms with Crippen LogP contribution in [0, 0.1) is 5.82 Å². The fraction of sp³-hybridized carbons (Fsp3) is 0.300. The summed E-state index contributed by atoms with van der Waals surface area (Å²) in [5.74, 6) is -2.22. The second kappa shape index (κ2) is 4.09. The number of ether oxygens (including phenoxy) is 1. The Hall–Kier alpha value is -1.58. The number of rotatable bonds is 2. The van der Waals surface area contributed by atoms with Crippen molar-refractivity contribution in [3.05, 3.63) is 29.6 Å². The van der Waals surface area contributed by atoms with Gasteiger partial charge in [0.1, 0.15) is 5.56 Å². The molecule has 0 radical (unpaired) electrons. The zero-order chi connectivity index (χ0) is 10.7. The van der Waals surface area contributed by atoms with E-state index in [9.17, 15) is 14.3 Å². The molecular weight excluding hydrogens is 187 g/mol. The van der Waals surface area contributed by atoms with Crippen molar-refractivity contribution < 1.29 is 19.0 Å². The van der Waals surface area contributed by atoms with Crippen molar-refractivity contribution in [1.82, 2.24) is 0 Å². The quantitative estimate of drug-likeness (QED) is 0.740. The standard InChI is InChI=1S/C10H11FO3/c1-6(2)14-10(13)7-4-3-5-8(11)9(7)12/h3-6,12H,1-2H3. The van der Waals surface area contributed by atoms with Crippen molar-refractivity contribution in [2.45, 2.75) is 20.0 Å². The molecule has 1 aromatic rings. The number of halogens is 1. The van der Waals surface area contributed by atoms with Crippen LogP contribution in [-0.4, -0.2) is 17.2 Å². The minimum atomic E-state index is -0.830. The first kappa shape index (κ1) is 10.5. The maximum Gasteiger partial charge on any atom is 0.342 e. The van der Waals surface area contributed by atoms with Crippen molar-refractivity contribution in [2.24, 2.45) is 0 Å². The molecule has 1 aromatic carbocycles. The number of benzene rings is 1. The molecule has 14 heavy (non-hydrogen) atoms. The van der Waals surface area contributed by atoms with E-state index >= 15 is 0 Å². The SMILES string of the molecule is CC(C)OC(=O)c1cccc(F)c1O. The van der Waals surface area contributed by atoms with Crippen LogP contribution in [0.3, 0.4) is 0 Å². The first-order chi connectivity index (χ1) is 6.52. The van der Waals surface area contributed by atoms with Crippen LogP contribution in [0.4, 0.5) is 4.39 Å². The van der Waals surface area contributed by atoms with E-state index in [0.29, 0.717) is 0 Å². The highest BCUT2D eigenvalue weighted by Gasteiger charge is 2.16. The molecule has 0 bridgehead atoms. The number of phenolic OH excluding ortho intramolecular Hbond substituents is 1. The normalized spacial score (nSPS) is 10.3. The first-order valence-electron chi connectivity index (χ1n) is 4.21. The summed E-state index contributed by atoms with van der Waals surface area (Å²) < 4.78 is 17.6. The molecule has 0 atom stereocenters. The maximum atomic E-state index is 12.8. The lowest BCUT2D eigenvalue weighted by Gasteiger charge is -2.08. The zero-order valence-electron chi connectivity index (χ0n) is 7.95. The third-order valence-corrected chi connectivity index (χ3v) is 1.55. The largest absolute Gasteiger partial charge is 0.504 e. The molecule has 0 heterocycles. The van der Waals surface area contributed by atoms with E-state index in [-0.39, 0.29) is 11.7 Å². The molecule has 0 fully saturated rings. The van der Waals surface area contributed by atoms with Crippen LogP contribution >= 0.6 is 0 Å². The van der Waals surface area contributed by atoms with Crippen LogP contribution in [0.1, 0.15) is 24.2 Å². The molecule has 1 N–H and O–H groups in total. The van der Waals surface area contributed by atoms with Gasteiger partial charge >= 0.3 is 5.97 Å². The molecule has 0 saturated carbocycles. The second-order valence-corrected chi connectivity index (χ2v) is 3.09. The van der Waals surface area contributed by atoms with E-state index in [4.69, 9.17) is 4.74 Å². The number of carbonyl (C=O) groups excluding carboxylic acids is 1. The minimum absolute atomic E-state index is 0.154. The summed E-state index contributed by atoms with van der Waals surface area (Å²) in [6.07, 6.45) is -0.301. The Balaban J connectivity index is 2.96. The molecule has 4 heteroatoms. The molecule has 0 amide bonds. The number of esters is 1. The van der Waals surface area contributed by atoms with Crippen molar-refractivity contribution in [1.29, 1.82) is 0 Å². The summed E-state index contributed by atoms with van der Waals surface area (Å²) in [6.45, 7) is 3.35. The zero-order valence-corrected chi connectivity index (χ0v) is 7.95. The van der Waals surface area contributed by atoms with E-state index in [0.717, 1.165) is 6.07 Å². The van der Waals surface area contributed by atoms with Gasteiger partial charge in [-0.15, -0.1) is 0 Å². The average Bonchev–Trinajstić information content (AvgIpc) is 2.08. The highest BCUT2D eigenvalue weighted by atomic mass is 19.1. The van der Waals surface area contributed by atoms with Gasteiger partial charge in [-0.25, -0.2) is 9.18 Å². The third-order valence-electron chi connectivity index (χ3n) is 1.55. The Morgan fingerprint density at radius 1 is 1.50 bits per heavy atom. The van der Waals surface area contributed by atoms with Gasteiger partial charge in [-0.2, -0.15) is 0 Å². The van der Waals surface area contributed by atoms with Gasteiger partial charge in [0.05, 0.1) is 6.10 Å². The van der Waals surface area contributed by atoms with Crippen LogP contribution < -0.4 is 0 Å². The number of aromatic hydroxyl groups is 1. The molecule has 0 aromatic heterocycles. The summed E-state index contributed by atoms with van der Waals surface area (Å²) in [4.78, 5) is 11.3. The lowest BCUT2D eigenvalue weighted by molar-refractivity contribution is 0.0374. The lowest BCUT2D eigenvalue weighted by Crippen LogP contribution is -2.12. The van der Waals surface area contributed by atoms with E-state index in [1.165, 1.54) is 12.1 Å². The van der Waals surface area contributed by atoms with Crippen LogP contribution in [0.25, 0.3) is 0 Å². The molecule has 0 saturated heterocycles. The number of para-hydroxylation sites is 1. The van der Waals surface area contributed by atoms with Crippen molar-refractivity contribution in [2.75, 3.05) is 0 Å². The van der Waals surface area contributed by atoms with E-state index in [2.05, 4.69) is 0 Å². The predicted molar refractivity (Wildman–Crippen MR) is 48.6 cm³/mol. The van der Waals surface area contributed by atoms with Gasteiger partial charge in [-0.05, 0) is 26.0 Å². The summed E-state index contributed by atoms with van der Waals surface area (Å²) in [5, 5.41) is 9.21. The topological polar surface area (TPSA) is 46.5 Å². The second-order valence-electron chi connectivity index (χ2n) is 3.09. The highest BCUT2D eigenvalue weighted by molar-refractivity contribution is 5.92. The molecule has 0 aliphatic rings. The molecule has 3 nitrogen and oxygen atoms in total. The minimum Gasteiger partial charge on any atom is -0.504 e. The Morgan fingerprint density at radius 3 is 2.71 bits per heavy atom. The van der Waals surface area contributed by atoms with E-state index < -0.39 is 17.5 Å². The lowest BCUT2D eigenvalue weighted by atomic mass is 10.2. The van der Waals surface area contributed by atoms with Gasteiger partial charge in [0.25, 0.3) is 0 Å². The van der Waals surface area contributed by atoms with E-state index in [1.54, 1.807) is 13.8 Å². The molecular formula is C10H11FO3. The molecule has 1 rings (SSSR count). The Kier molecular flexibility index (Phi) is 3.06. The van der Waals surface area contributed by atoms with Crippen LogP contribution in [0.2, 0.25) is 0 Å². The Bertz CT molecular complexity index is 347. The molecule has 76 valence electrons. The van der Waals surface area contributed by atoms with Crippen LogP contribution in [0.15, 0.2) is 18.2 Å². The Labute approximate surface area is 81.1 Å². The fourth-order valence-corrected chi connectivity index (χ4v) is 0.958. The van der Waals surface area contributed by atoms with Crippen molar-refractivity contribution in [3.63, 3.8) is 0 Å². The summed E-state index contributed by atoms with van der Waals surface area (Å²) in [5.41, 5.74) is -0.154. The number of hydrogen-bond acceptors (Lipinski definition) is 3. The smallest absolute Gasteiger partial charge is 0.342 e. The molecule has 0 aliphatic carbocycles. The predicted octanol–water partition coefficient (Wildman–Crippen LogP) is 2.10. The number of carbonyl (C=O) groups is 1. The highest BCUT2D eigenvalue weighted by Crippen LogP contribution is 2.21. The maximum absolute atomic E-state index is 12.8. The molecule has 0 aliphatic heterocycles. The van der Waals surface area contributed by atoms with E-state index in [1.807, 2.05) is 0 Å². The van der Waals surface area contributed by atoms with Gasteiger partial charge in [0.15, 0.2) is 11.6 Å². The van der Waals surface area contributed by atoms with Gasteiger partial charge < -0.3 is 9.84 Å². The summed E-state index contributed by atoms with van der Waals surface area (Å²) in [7, 11) is 0. The number of phenols is 1. The Morgan fingerprint density at radius 2 is 2.14 bits per heavy atom. The van der Waals surface area contributed by atoms with Gasteiger partial charge in [-0.3, -0.25) is 0 Å². The van der Waals surface area contributed by atoms with Crippen molar-refractivity contribution >= 4 is 5.97 Å². The average molecular weight is 198 g/mol. The molecule has 0 spiro atoms. The fourth-order valence-electron chi connectivity index (χ4n) is 0.958. The van der Waals surface area contributed by atoms with Crippen LogP contribution in [-0.2, 0) is 4.74 Å². The number of hydrogen-bond donors (Lipinski definition) is 1. The monoisotopic (exact) mass is 198 g/mol. The summed E-state index contributed by atoms with van der Waals surface area (Å²) in [6, 6.07) is 3.72. The third kappa shape index (κ3) is 2.22. The van der Waals surface area contributed by atoms with Gasteiger partial charge in [0.2, 0.25) is 0 Å². The summed E-state index contributed by atoms with van der Waals surface area (Å²) >= 11 is 0. The van der Waals surface area contributed by atoms with Crippen LogP contribution in [0.5, 0.6) is 5.75 Å².